The van der Waals surface area contributed by atoms with Gasteiger partial charge in [-0.15, -0.1) is 0 Å². The summed E-state index contributed by atoms with van der Waals surface area (Å²) in [7, 11) is 3.85. The largest absolute Gasteiger partial charge is 0.345 e. The third-order valence-corrected chi connectivity index (χ3v) is 3.37. The van der Waals surface area contributed by atoms with Gasteiger partial charge in [0.25, 0.3) is 0 Å². The monoisotopic (exact) mass is 226 g/mol. The number of amides is 1. The number of hydrogen-bond acceptors (Lipinski definition) is 2. The van der Waals surface area contributed by atoms with E-state index in [-0.39, 0.29) is 5.41 Å². The van der Waals surface area contributed by atoms with Crippen LogP contribution in [-0.4, -0.2) is 38.0 Å². The van der Waals surface area contributed by atoms with Gasteiger partial charge in [-0.3, -0.25) is 4.79 Å². The van der Waals surface area contributed by atoms with Crippen LogP contribution in [0.4, 0.5) is 0 Å². The van der Waals surface area contributed by atoms with Gasteiger partial charge in [0.2, 0.25) is 5.91 Å². The SMILES string of the molecule is CNCC1(C(=O)N(C)CCC(C)(C)C)CC1. The van der Waals surface area contributed by atoms with Crippen LogP contribution in [0.2, 0.25) is 0 Å². The summed E-state index contributed by atoms with van der Waals surface area (Å²) >= 11 is 0. The zero-order chi connectivity index (χ0) is 12.4. The van der Waals surface area contributed by atoms with Crippen molar-refractivity contribution in [3.63, 3.8) is 0 Å². The molecule has 1 aliphatic carbocycles. The minimum Gasteiger partial charge on any atom is -0.345 e. The highest BCUT2D eigenvalue weighted by molar-refractivity contribution is 5.85. The molecule has 1 saturated carbocycles. The van der Waals surface area contributed by atoms with Crippen molar-refractivity contribution in [1.82, 2.24) is 10.2 Å². The quantitative estimate of drug-likeness (QED) is 0.776. The highest BCUT2D eigenvalue weighted by Crippen LogP contribution is 2.46. The summed E-state index contributed by atoms with van der Waals surface area (Å²) in [5, 5.41) is 3.13. The predicted molar refractivity (Wildman–Crippen MR) is 67.3 cm³/mol. The summed E-state index contributed by atoms with van der Waals surface area (Å²) in [5.74, 6) is 0.325. The summed E-state index contributed by atoms with van der Waals surface area (Å²) in [5.41, 5.74) is 0.232. The van der Waals surface area contributed by atoms with E-state index in [4.69, 9.17) is 0 Å². The van der Waals surface area contributed by atoms with Gasteiger partial charge in [-0.25, -0.2) is 0 Å². The molecule has 3 nitrogen and oxygen atoms in total. The lowest BCUT2D eigenvalue weighted by atomic mass is 9.92. The maximum atomic E-state index is 12.2. The highest BCUT2D eigenvalue weighted by atomic mass is 16.2. The van der Waals surface area contributed by atoms with Crippen LogP contribution in [0.15, 0.2) is 0 Å². The van der Waals surface area contributed by atoms with Crippen LogP contribution in [0, 0.1) is 10.8 Å². The second kappa shape index (κ2) is 4.74. The molecule has 0 aromatic heterocycles. The second-order valence-electron chi connectivity index (χ2n) is 6.35. The summed E-state index contributed by atoms with van der Waals surface area (Å²) in [6.07, 6.45) is 3.16. The lowest BCUT2D eigenvalue weighted by Crippen LogP contribution is -2.40. The van der Waals surface area contributed by atoms with Gasteiger partial charge >= 0.3 is 0 Å². The predicted octanol–water partition coefficient (Wildman–Crippen LogP) is 1.88. The molecule has 16 heavy (non-hydrogen) atoms. The molecule has 1 amide bonds. The third-order valence-electron chi connectivity index (χ3n) is 3.37. The van der Waals surface area contributed by atoms with Crippen LogP contribution >= 0.6 is 0 Å². The maximum Gasteiger partial charge on any atom is 0.229 e. The van der Waals surface area contributed by atoms with E-state index in [1.165, 1.54) is 0 Å². The van der Waals surface area contributed by atoms with Crippen LogP contribution in [0.1, 0.15) is 40.0 Å². The van der Waals surface area contributed by atoms with Crippen LogP contribution in [0.25, 0.3) is 0 Å². The van der Waals surface area contributed by atoms with Crippen LogP contribution in [0.5, 0.6) is 0 Å². The van der Waals surface area contributed by atoms with Crippen molar-refractivity contribution in [1.29, 1.82) is 0 Å². The highest BCUT2D eigenvalue weighted by Gasteiger charge is 2.50. The molecule has 3 heteroatoms. The number of carbonyl (C=O) groups is 1. The number of carbonyl (C=O) groups excluding carboxylic acids is 1. The van der Waals surface area contributed by atoms with Crippen LogP contribution in [-0.2, 0) is 4.79 Å². The Morgan fingerprint density at radius 3 is 2.31 bits per heavy atom. The Morgan fingerprint density at radius 1 is 1.38 bits per heavy atom. The van der Waals surface area contributed by atoms with Gasteiger partial charge in [0.15, 0.2) is 0 Å². The third kappa shape index (κ3) is 3.48. The molecule has 94 valence electrons. The molecule has 0 bridgehead atoms. The van der Waals surface area contributed by atoms with Gasteiger partial charge in [-0.05, 0) is 31.7 Å². The first-order chi connectivity index (χ1) is 7.31. The Morgan fingerprint density at radius 2 is 1.94 bits per heavy atom. The number of rotatable bonds is 5. The zero-order valence-electron chi connectivity index (χ0n) is 11.4. The van der Waals surface area contributed by atoms with Gasteiger partial charge in [0, 0.05) is 20.1 Å². The number of nitrogens with zero attached hydrogens (tertiary/aromatic N) is 1. The molecule has 1 fully saturated rings. The van der Waals surface area contributed by atoms with Crippen molar-refractivity contribution in [3.05, 3.63) is 0 Å². The topological polar surface area (TPSA) is 32.3 Å². The Hall–Kier alpha value is -0.570. The van der Waals surface area contributed by atoms with E-state index in [9.17, 15) is 4.79 Å². The lowest BCUT2D eigenvalue weighted by molar-refractivity contribution is -0.135. The molecular formula is C13H26N2O. The number of hydrogen-bond donors (Lipinski definition) is 1. The van der Waals surface area contributed by atoms with E-state index < -0.39 is 0 Å². The van der Waals surface area contributed by atoms with E-state index in [0.29, 0.717) is 11.3 Å². The normalized spacial score (nSPS) is 18.3. The van der Waals surface area contributed by atoms with E-state index in [0.717, 1.165) is 32.4 Å². The van der Waals surface area contributed by atoms with E-state index in [2.05, 4.69) is 26.1 Å². The molecule has 0 aromatic carbocycles. The van der Waals surface area contributed by atoms with Crippen molar-refractivity contribution in [2.45, 2.75) is 40.0 Å². The fourth-order valence-corrected chi connectivity index (χ4v) is 1.97. The first-order valence-electron chi connectivity index (χ1n) is 6.21. The fraction of sp³-hybridized carbons (Fsp3) is 0.923. The minimum absolute atomic E-state index is 0.0681. The Labute approximate surface area is 99.6 Å². The summed E-state index contributed by atoms with van der Waals surface area (Å²) in [6, 6.07) is 0. The molecular weight excluding hydrogens is 200 g/mol. The molecule has 0 saturated heterocycles. The minimum atomic E-state index is -0.0681. The smallest absolute Gasteiger partial charge is 0.229 e. The van der Waals surface area contributed by atoms with Crippen molar-refractivity contribution < 1.29 is 4.79 Å². The zero-order valence-corrected chi connectivity index (χ0v) is 11.4. The van der Waals surface area contributed by atoms with Gasteiger partial charge in [0.1, 0.15) is 0 Å². The van der Waals surface area contributed by atoms with Crippen molar-refractivity contribution in [2.75, 3.05) is 27.2 Å². The van der Waals surface area contributed by atoms with E-state index in [1.54, 1.807) is 0 Å². The molecule has 0 unspecified atom stereocenters. The maximum absolute atomic E-state index is 12.2. The van der Waals surface area contributed by atoms with Gasteiger partial charge < -0.3 is 10.2 Å². The number of nitrogens with one attached hydrogen (secondary N) is 1. The summed E-state index contributed by atoms with van der Waals surface area (Å²) in [4.78, 5) is 14.1. The molecule has 0 heterocycles. The first kappa shape index (κ1) is 13.5. The molecule has 1 rings (SSSR count). The second-order valence-corrected chi connectivity index (χ2v) is 6.35. The molecule has 1 aliphatic rings. The average molecular weight is 226 g/mol. The Kier molecular flexibility index (Phi) is 4.00. The van der Waals surface area contributed by atoms with Crippen LogP contribution < -0.4 is 5.32 Å². The summed E-state index contributed by atoms with van der Waals surface area (Å²) in [6.45, 7) is 8.34. The van der Waals surface area contributed by atoms with E-state index >= 15 is 0 Å². The van der Waals surface area contributed by atoms with Gasteiger partial charge in [-0.1, -0.05) is 20.8 Å². The van der Waals surface area contributed by atoms with Crippen molar-refractivity contribution in [3.8, 4) is 0 Å². The van der Waals surface area contributed by atoms with Crippen molar-refractivity contribution >= 4 is 5.91 Å². The van der Waals surface area contributed by atoms with Gasteiger partial charge in [0.05, 0.1) is 5.41 Å². The fourth-order valence-electron chi connectivity index (χ4n) is 1.97. The molecule has 0 aromatic rings. The molecule has 0 atom stereocenters. The van der Waals surface area contributed by atoms with Crippen molar-refractivity contribution in [2.24, 2.45) is 10.8 Å². The molecule has 0 aliphatic heterocycles. The Balaban J connectivity index is 2.42. The molecule has 1 N–H and O–H groups in total. The standard InChI is InChI=1S/C13H26N2O/c1-12(2,3)8-9-15(5)11(16)13(6-7-13)10-14-4/h14H,6-10H2,1-5H3. The molecule has 0 spiro atoms. The lowest BCUT2D eigenvalue weighted by Gasteiger charge is -2.27. The Bertz CT molecular complexity index is 251. The first-order valence-corrected chi connectivity index (χ1v) is 6.21. The van der Waals surface area contributed by atoms with Crippen LogP contribution in [0.3, 0.4) is 0 Å². The van der Waals surface area contributed by atoms with Gasteiger partial charge in [-0.2, -0.15) is 0 Å². The average Bonchev–Trinajstić information content (AvgIpc) is 2.93. The molecule has 0 radical (unpaired) electrons. The summed E-state index contributed by atoms with van der Waals surface area (Å²) < 4.78 is 0. The van der Waals surface area contributed by atoms with E-state index in [1.807, 2.05) is 19.0 Å².